The fourth-order valence-electron chi connectivity index (χ4n) is 3.00. The van der Waals surface area contributed by atoms with Crippen LogP contribution in [0.5, 0.6) is 0 Å². The summed E-state index contributed by atoms with van der Waals surface area (Å²) in [5.41, 5.74) is 1.82. The second-order valence-electron chi connectivity index (χ2n) is 5.82. The van der Waals surface area contributed by atoms with Gasteiger partial charge in [0.2, 0.25) is 10.0 Å². The number of halogens is 1. The van der Waals surface area contributed by atoms with Crippen molar-refractivity contribution in [1.29, 1.82) is 0 Å². The Balaban J connectivity index is 2.01. The molecule has 0 spiro atoms. The monoisotopic (exact) mass is 350 g/mol. The first-order valence-corrected chi connectivity index (χ1v) is 9.51. The number of pyridine rings is 1. The van der Waals surface area contributed by atoms with Crippen LogP contribution in [0.4, 0.5) is 0 Å². The second kappa shape index (κ2) is 6.59. The Morgan fingerprint density at radius 3 is 2.61 bits per heavy atom. The average molecular weight is 351 g/mol. The molecule has 3 rings (SSSR count). The van der Waals surface area contributed by atoms with Gasteiger partial charge in [-0.25, -0.2) is 13.4 Å². The fourth-order valence-corrected chi connectivity index (χ4v) is 4.92. The Hall–Kier alpha value is -1.43. The van der Waals surface area contributed by atoms with Crippen LogP contribution >= 0.6 is 11.6 Å². The predicted octanol–water partition coefficient (Wildman–Crippen LogP) is 3.96. The topological polar surface area (TPSA) is 50.3 Å². The summed E-state index contributed by atoms with van der Waals surface area (Å²) in [6.07, 6.45) is 4.22. The lowest BCUT2D eigenvalue weighted by Crippen LogP contribution is -2.38. The van der Waals surface area contributed by atoms with E-state index in [1.807, 2.05) is 25.1 Å². The predicted molar refractivity (Wildman–Crippen MR) is 90.9 cm³/mol. The molecule has 1 aliphatic heterocycles. The molecule has 0 amide bonds. The van der Waals surface area contributed by atoms with E-state index in [-0.39, 0.29) is 6.04 Å². The molecule has 122 valence electrons. The average Bonchev–Trinajstić information content (AvgIpc) is 2.56. The molecule has 0 unspecified atom stereocenters. The smallest absolute Gasteiger partial charge is 0.243 e. The number of hydrogen-bond acceptors (Lipinski definition) is 3. The Morgan fingerprint density at radius 1 is 1.17 bits per heavy atom. The zero-order valence-electron chi connectivity index (χ0n) is 12.9. The molecule has 23 heavy (non-hydrogen) atoms. The molecule has 0 saturated carbocycles. The van der Waals surface area contributed by atoms with Crippen molar-refractivity contribution >= 4 is 21.6 Å². The third-order valence-corrected chi connectivity index (χ3v) is 6.47. The van der Waals surface area contributed by atoms with E-state index in [9.17, 15) is 8.42 Å². The Bertz CT molecular complexity index is 790. The van der Waals surface area contributed by atoms with Crippen molar-refractivity contribution in [1.82, 2.24) is 9.29 Å². The molecule has 6 heteroatoms. The fraction of sp³-hybridized carbons (Fsp3) is 0.353. The molecule has 1 saturated heterocycles. The third kappa shape index (κ3) is 3.27. The minimum Gasteiger partial charge on any atom is -0.244 e. The van der Waals surface area contributed by atoms with Gasteiger partial charge in [-0.05, 0) is 38.0 Å². The van der Waals surface area contributed by atoms with Gasteiger partial charge in [-0.1, -0.05) is 41.8 Å². The molecule has 2 heterocycles. The lowest BCUT2D eigenvalue weighted by molar-refractivity contribution is 0.255. The SMILES string of the molecule is Cc1ccc(S(=O)(=O)N2CCCC[C@H]2c2cccnc2Cl)cc1. The third-order valence-electron chi connectivity index (χ3n) is 4.23. The van der Waals surface area contributed by atoms with Crippen LogP contribution in [0.3, 0.4) is 0 Å². The Labute approximate surface area is 142 Å². The molecular weight excluding hydrogens is 332 g/mol. The van der Waals surface area contributed by atoms with Crippen LogP contribution < -0.4 is 0 Å². The molecule has 2 aromatic rings. The number of benzene rings is 1. The minimum atomic E-state index is -3.55. The number of sulfonamides is 1. The number of hydrogen-bond donors (Lipinski definition) is 0. The zero-order chi connectivity index (χ0) is 16.4. The van der Waals surface area contributed by atoms with Crippen molar-refractivity contribution in [3.05, 3.63) is 58.9 Å². The van der Waals surface area contributed by atoms with E-state index in [4.69, 9.17) is 11.6 Å². The molecule has 1 atom stereocenters. The standard InChI is InChI=1S/C17H19ClN2O2S/c1-13-7-9-14(10-8-13)23(21,22)20-12-3-2-6-16(20)15-5-4-11-19-17(15)18/h4-5,7-11,16H,2-3,6,12H2,1H3/t16-/m0/s1. The molecule has 1 fully saturated rings. The maximum atomic E-state index is 13.1. The summed E-state index contributed by atoms with van der Waals surface area (Å²) >= 11 is 6.21. The van der Waals surface area contributed by atoms with Crippen LogP contribution in [-0.2, 0) is 10.0 Å². The zero-order valence-corrected chi connectivity index (χ0v) is 14.5. The van der Waals surface area contributed by atoms with Crippen molar-refractivity contribution < 1.29 is 8.42 Å². The molecule has 0 N–H and O–H groups in total. The second-order valence-corrected chi connectivity index (χ2v) is 8.07. The first-order chi connectivity index (χ1) is 11.0. The quantitative estimate of drug-likeness (QED) is 0.787. The van der Waals surface area contributed by atoms with E-state index in [2.05, 4.69) is 4.98 Å². The first-order valence-electron chi connectivity index (χ1n) is 7.69. The summed E-state index contributed by atoms with van der Waals surface area (Å²) in [6, 6.07) is 10.4. The summed E-state index contributed by atoms with van der Waals surface area (Å²) in [6.45, 7) is 2.45. The van der Waals surface area contributed by atoms with Crippen LogP contribution in [0.1, 0.15) is 36.4 Å². The maximum Gasteiger partial charge on any atom is 0.243 e. The van der Waals surface area contributed by atoms with E-state index < -0.39 is 10.0 Å². The van der Waals surface area contributed by atoms with Crippen LogP contribution in [0.15, 0.2) is 47.5 Å². The van der Waals surface area contributed by atoms with Gasteiger partial charge in [0, 0.05) is 18.3 Å². The van der Waals surface area contributed by atoms with Gasteiger partial charge in [0.1, 0.15) is 5.15 Å². The number of rotatable bonds is 3. The first kappa shape index (κ1) is 16.4. The van der Waals surface area contributed by atoms with E-state index in [0.717, 1.165) is 30.4 Å². The largest absolute Gasteiger partial charge is 0.244 e. The Kier molecular flexibility index (Phi) is 4.71. The molecule has 0 aliphatic carbocycles. The highest BCUT2D eigenvalue weighted by Crippen LogP contribution is 2.37. The lowest BCUT2D eigenvalue weighted by Gasteiger charge is -2.35. The summed E-state index contributed by atoms with van der Waals surface area (Å²) < 4.78 is 27.7. The van der Waals surface area contributed by atoms with Gasteiger partial charge in [-0.2, -0.15) is 4.31 Å². The maximum absolute atomic E-state index is 13.1. The van der Waals surface area contributed by atoms with Crippen LogP contribution in [0.25, 0.3) is 0 Å². The summed E-state index contributed by atoms with van der Waals surface area (Å²) in [4.78, 5) is 4.43. The van der Waals surface area contributed by atoms with Gasteiger partial charge in [0.05, 0.1) is 10.9 Å². The van der Waals surface area contributed by atoms with E-state index in [1.165, 1.54) is 0 Å². The van der Waals surface area contributed by atoms with Gasteiger partial charge in [0.25, 0.3) is 0 Å². The molecule has 0 bridgehead atoms. The highest BCUT2D eigenvalue weighted by atomic mass is 35.5. The van der Waals surface area contributed by atoms with Gasteiger partial charge in [-0.3, -0.25) is 0 Å². The van der Waals surface area contributed by atoms with Crippen molar-refractivity contribution in [2.24, 2.45) is 0 Å². The number of nitrogens with zero attached hydrogens (tertiary/aromatic N) is 2. The summed E-state index contributed by atoms with van der Waals surface area (Å²) in [5.74, 6) is 0. The van der Waals surface area contributed by atoms with E-state index >= 15 is 0 Å². The Morgan fingerprint density at radius 2 is 1.91 bits per heavy atom. The van der Waals surface area contributed by atoms with E-state index in [0.29, 0.717) is 16.6 Å². The molecule has 4 nitrogen and oxygen atoms in total. The molecule has 1 aromatic heterocycles. The normalized spacial score (nSPS) is 19.7. The lowest BCUT2D eigenvalue weighted by atomic mass is 9.99. The van der Waals surface area contributed by atoms with Crippen molar-refractivity contribution in [2.45, 2.75) is 37.1 Å². The highest BCUT2D eigenvalue weighted by Gasteiger charge is 2.35. The molecule has 1 aliphatic rings. The molecule has 1 aromatic carbocycles. The van der Waals surface area contributed by atoms with Gasteiger partial charge >= 0.3 is 0 Å². The van der Waals surface area contributed by atoms with Gasteiger partial charge in [0.15, 0.2) is 0 Å². The summed E-state index contributed by atoms with van der Waals surface area (Å²) in [7, 11) is -3.55. The molecule has 0 radical (unpaired) electrons. The number of aryl methyl sites for hydroxylation is 1. The van der Waals surface area contributed by atoms with E-state index in [1.54, 1.807) is 28.7 Å². The van der Waals surface area contributed by atoms with Crippen LogP contribution in [0, 0.1) is 6.92 Å². The minimum absolute atomic E-state index is 0.253. The number of piperidine rings is 1. The van der Waals surface area contributed by atoms with Crippen molar-refractivity contribution in [3.63, 3.8) is 0 Å². The van der Waals surface area contributed by atoms with Crippen molar-refractivity contribution in [3.8, 4) is 0 Å². The number of aromatic nitrogens is 1. The van der Waals surface area contributed by atoms with Gasteiger partial charge in [-0.15, -0.1) is 0 Å². The van der Waals surface area contributed by atoms with Crippen LogP contribution in [0.2, 0.25) is 5.15 Å². The van der Waals surface area contributed by atoms with Gasteiger partial charge < -0.3 is 0 Å². The highest BCUT2D eigenvalue weighted by molar-refractivity contribution is 7.89. The van der Waals surface area contributed by atoms with Crippen LogP contribution in [-0.4, -0.2) is 24.3 Å². The van der Waals surface area contributed by atoms with Crippen molar-refractivity contribution in [2.75, 3.05) is 6.54 Å². The summed E-state index contributed by atoms with van der Waals surface area (Å²) in [5, 5.41) is 0.378. The molecular formula is C17H19ClN2O2S.